The molecular weight excluding hydrogens is 1180 g/mol. The van der Waals surface area contributed by atoms with Crippen LogP contribution in [0.3, 0.4) is 0 Å². The first-order chi connectivity index (χ1) is 44.8. The molecule has 1 amide bonds. The van der Waals surface area contributed by atoms with E-state index in [2.05, 4.69) is 31.3 Å². The minimum atomic E-state index is -1.98. The lowest BCUT2D eigenvalue weighted by Crippen LogP contribution is -2.66. The van der Waals surface area contributed by atoms with Crippen LogP contribution in [0.1, 0.15) is 303 Å². The molecule has 0 radical (unpaired) electrons. The monoisotopic (exact) mass is 1320 g/mol. The highest BCUT2D eigenvalue weighted by Gasteiger charge is 2.53. The fraction of sp³-hybridized carbons (Fsp3) is 0.932. The smallest absolute Gasteiger partial charge is 0.220 e. The number of carbonyl (C=O) groups is 1. The van der Waals surface area contributed by atoms with E-state index < -0.39 is 124 Å². The summed E-state index contributed by atoms with van der Waals surface area (Å²) in [4.78, 5) is 13.4. The lowest BCUT2D eigenvalue weighted by molar-refractivity contribution is -0.379. The predicted octanol–water partition coefficient (Wildman–Crippen LogP) is 11.0. The Labute approximate surface area is 556 Å². The number of nitrogens with one attached hydrogen (secondary N) is 1. The van der Waals surface area contributed by atoms with Gasteiger partial charge in [0.05, 0.1) is 38.6 Å². The molecule has 0 saturated carbocycles. The van der Waals surface area contributed by atoms with Gasteiger partial charge in [0.15, 0.2) is 18.9 Å². The van der Waals surface area contributed by atoms with Crippen LogP contribution < -0.4 is 5.32 Å². The van der Waals surface area contributed by atoms with Crippen LogP contribution in [0.15, 0.2) is 24.3 Å². The van der Waals surface area contributed by atoms with Crippen LogP contribution in [0, 0.1) is 0 Å². The maximum atomic E-state index is 13.4. The van der Waals surface area contributed by atoms with Crippen molar-refractivity contribution in [2.45, 2.75) is 407 Å². The van der Waals surface area contributed by atoms with Crippen molar-refractivity contribution < 1.29 is 89.4 Å². The highest BCUT2D eigenvalue weighted by atomic mass is 16.8. The van der Waals surface area contributed by atoms with Crippen molar-refractivity contribution in [3.05, 3.63) is 24.3 Å². The van der Waals surface area contributed by atoms with E-state index in [1.165, 1.54) is 231 Å². The van der Waals surface area contributed by atoms with Gasteiger partial charge in [-0.3, -0.25) is 4.79 Å². The van der Waals surface area contributed by atoms with Crippen LogP contribution in [-0.4, -0.2) is 193 Å². The van der Waals surface area contributed by atoms with Gasteiger partial charge in [-0.2, -0.15) is 0 Å². The van der Waals surface area contributed by atoms with Crippen LogP contribution in [-0.2, 0) is 33.2 Å². The largest absolute Gasteiger partial charge is 0.394 e. The first-order valence-electron chi connectivity index (χ1n) is 37.6. The SMILES string of the molecule is CCCCCCCC/C=C/CC/C=C/C(O)C(COC1OC(CO)C(OC2OC(CO)C(OC3OC(CO)C(O)C(O)C3O)C(O)C2O)C(O)C1O)NC(=O)CCCCCCCCCCCCCCCCCCCCCCCCCCCCCCCCCCCCC. The molecule has 12 N–H and O–H groups in total. The number of allylic oxidation sites excluding steroid dienone is 3. The highest BCUT2D eigenvalue weighted by molar-refractivity contribution is 5.76. The van der Waals surface area contributed by atoms with Crippen LogP contribution in [0.4, 0.5) is 0 Å². The maximum absolute atomic E-state index is 13.4. The van der Waals surface area contributed by atoms with Crippen molar-refractivity contribution >= 4 is 5.91 Å². The van der Waals surface area contributed by atoms with Crippen molar-refractivity contribution in [2.24, 2.45) is 0 Å². The van der Waals surface area contributed by atoms with E-state index in [1.54, 1.807) is 6.08 Å². The van der Waals surface area contributed by atoms with Gasteiger partial charge in [0.25, 0.3) is 0 Å². The van der Waals surface area contributed by atoms with Gasteiger partial charge < -0.3 is 89.9 Å². The molecule has 3 rings (SSSR count). The summed E-state index contributed by atoms with van der Waals surface area (Å²) in [7, 11) is 0. The Morgan fingerprint density at radius 1 is 0.380 bits per heavy atom. The Morgan fingerprint density at radius 2 is 0.696 bits per heavy atom. The molecule has 17 atom stereocenters. The molecule has 3 heterocycles. The van der Waals surface area contributed by atoms with Crippen molar-refractivity contribution in [1.82, 2.24) is 5.32 Å². The normalized spacial score (nSPS) is 27.8. The van der Waals surface area contributed by atoms with E-state index in [0.717, 1.165) is 38.5 Å². The van der Waals surface area contributed by atoms with E-state index in [0.29, 0.717) is 12.8 Å². The van der Waals surface area contributed by atoms with Crippen LogP contribution >= 0.6 is 0 Å². The number of ether oxygens (including phenoxy) is 6. The minimum Gasteiger partial charge on any atom is -0.394 e. The summed E-state index contributed by atoms with van der Waals surface area (Å²) in [6.07, 6.45) is 37.8. The first-order valence-corrected chi connectivity index (χ1v) is 37.6. The van der Waals surface area contributed by atoms with Gasteiger partial charge in [-0.1, -0.05) is 289 Å². The van der Waals surface area contributed by atoms with E-state index in [-0.39, 0.29) is 18.9 Å². The zero-order valence-corrected chi connectivity index (χ0v) is 57.5. The third-order valence-electron chi connectivity index (χ3n) is 19.0. The average Bonchev–Trinajstić information content (AvgIpc) is 0.819. The van der Waals surface area contributed by atoms with Crippen molar-refractivity contribution in [2.75, 3.05) is 26.4 Å². The molecule has 17 unspecified atom stereocenters. The number of carbonyl (C=O) groups excluding carboxylic acids is 1. The van der Waals surface area contributed by atoms with E-state index >= 15 is 0 Å². The van der Waals surface area contributed by atoms with Crippen LogP contribution in [0.5, 0.6) is 0 Å². The molecule has 19 heteroatoms. The van der Waals surface area contributed by atoms with Crippen LogP contribution in [0.2, 0.25) is 0 Å². The predicted molar refractivity (Wildman–Crippen MR) is 360 cm³/mol. The molecule has 3 aliphatic rings. The molecule has 3 aliphatic heterocycles. The maximum Gasteiger partial charge on any atom is 0.220 e. The molecule has 0 aromatic heterocycles. The molecular formula is C73H137NO18. The Morgan fingerprint density at radius 3 is 1.09 bits per heavy atom. The second kappa shape index (κ2) is 55.2. The topological polar surface area (TPSA) is 307 Å². The summed E-state index contributed by atoms with van der Waals surface area (Å²) in [5.74, 6) is -0.281. The molecule has 3 fully saturated rings. The molecule has 19 nitrogen and oxygen atoms in total. The Hall–Kier alpha value is -1.73. The summed E-state index contributed by atoms with van der Waals surface area (Å²) in [5.41, 5.74) is 0. The Balaban J connectivity index is 1.31. The molecule has 3 saturated heterocycles. The van der Waals surface area contributed by atoms with Gasteiger partial charge in [0, 0.05) is 6.42 Å². The average molecular weight is 1320 g/mol. The summed E-state index contributed by atoms with van der Waals surface area (Å²) in [5, 5.41) is 120. The van der Waals surface area contributed by atoms with Gasteiger partial charge >= 0.3 is 0 Å². The second-order valence-electron chi connectivity index (χ2n) is 27.1. The summed E-state index contributed by atoms with van der Waals surface area (Å²) in [6, 6.07) is -0.986. The molecule has 92 heavy (non-hydrogen) atoms. The summed E-state index contributed by atoms with van der Waals surface area (Å²) < 4.78 is 34.3. The molecule has 0 spiro atoms. The lowest BCUT2D eigenvalue weighted by Gasteiger charge is -2.48. The number of aliphatic hydroxyl groups excluding tert-OH is 11. The molecule has 0 aromatic carbocycles. The zero-order chi connectivity index (χ0) is 66.8. The summed E-state index contributed by atoms with van der Waals surface area (Å²) in [6.45, 7) is 1.72. The minimum absolute atomic E-state index is 0.240. The molecule has 0 aliphatic carbocycles. The Bertz CT molecular complexity index is 1760. The van der Waals surface area contributed by atoms with Crippen molar-refractivity contribution in [1.29, 1.82) is 0 Å². The van der Waals surface area contributed by atoms with Gasteiger partial charge in [-0.05, 0) is 32.1 Å². The first kappa shape index (κ1) is 84.5. The molecule has 542 valence electrons. The van der Waals surface area contributed by atoms with Gasteiger partial charge in [-0.15, -0.1) is 0 Å². The zero-order valence-electron chi connectivity index (χ0n) is 57.5. The van der Waals surface area contributed by atoms with Crippen molar-refractivity contribution in [3.63, 3.8) is 0 Å². The van der Waals surface area contributed by atoms with Crippen LogP contribution in [0.25, 0.3) is 0 Å². The van der Waals surface area contributed by atoms with Gasteiger partial charge in [0.2, 0.25) is 5.91 Å². The second-order valence-corrected chi connectivity index (χ2v) is 27.1. The molecule has 0 aromatic rings. The lowest BCUT2D eigenvalue weighted by atomic mass is 9.96. The number of hydrogen-bond donors (Lipinski definition) is 12. The number of aliphatic hydroxyl groups is 11. The third kappa shape index (κ3) is 36.2. The number of hydrogen-bond acceptors (Lipinski definition) is 18. The van der Waals surface area contributed by atoms with E-state index in [4.69, 9.17) is 28.4 Å². The number of amides is 1. The highest BCUT2D eigenvalue weighted by Crippen LogP contribution is 2.33. The fourth-order valence-corrected chi connectivity index (χ4v) is 12.9. The van der Waals surface area contributed by atoms with Crippen molar-refractivity contribution in [3.8, 4) is 0 Å². The third-order valence-corrected chi connectivity index (χ3v) is 19.0. The van der Waals surface area contributed by atoms with Gasteiger partial charge in [-0.25, -0.2) is 0 Å². The van der Waals surface area contributed by atoms with E-state index in [1.807, 2.05) is 6.08 Å². The fourth-order valence-electron chi connectivity index (χ4n) is 12.9. The standard InChI is InChI=1S/C73H137NO18/c1-3-5-7-9-11-13-15-17-18-19-20-21-22-23-24-25-26-27-28-29-30-31-32-33-34-35-36-37-38-39-41-43-45-47-49-51-61(79)74-56(57(78)50-48-46-44-42-40-16-14-12-10-8-6-4-2)55-87-71-67(85)64(82)69(59(53-76)89-71)92-73-68(86)65(83)70(60(54-77)90-73)91-72-66(84)63(81)62(80)58(52-75)88-72/h40,42,48,50,56-60,62-73,75-78,80-86H,3-39,41,43-47,49,51-55H2,1-2H3,(H,74,79)/b42-40+,50-48+. The van der Waals surface area contributed by atoms with Gasteiger partial charge in [0.1, 0.15) is 73.2 Å². The quantitative estimate of drug-likeness (QED) is 0.0199. The Kier molecular flexibility index (Phi) is 50.7. The number of rotatable bonds is 59. The summed E-state index contributed by atoms with van der Waals surface area (Å²) >= 11 is 0. The molecule has 0 bridgehead atoms. The van der Waals surface area contributed by atoms with E-state index in [9.17, 15) is 61.0 Å². The number of unbranched alkanes of at least 4 members (excludes halogenated alkanes) is 41.